The Balaban J connectivity index is 0.00000200. The number of rotatable bonds is 4. The average Bonchev–Trinajstić information content (AvgIpc) is 3.00. The van der Waals surface area contributed by atoms with E-state index in [1.165, 1.54) is 31.6 Å². The van der Waals surface area contributed by atoms with Gasteiger partial charge in [-0.2, -0.15) is 13.2 Å². The molecule has 1 saturated heterocycles. The third kappa shape index (κ3) is 3.79. The molecule has 7 heteroatoms. The van der Waals surface area contributed by atoms with E-state index in [9.17, 15) is 18.0 Å². The molecule has 0 radical (unpaired) electrons. The second-order valence-electron chi connectivity index (χ2n) is 6.16. The van der Waals surface area contributed by atoms with Crippen molar-refractivity contribution in [3.63, 3.8) is 0 Å². The standard InChI is InChI=1S/C13H21F3N2O.ClH/c1-12(2)10(13(14,15)16)5-6-18(12)11(19)8-17-7-9-3-4-9;/h9-10,17H,3-8H2,1-2H3;1H. The zero-order chi connectivity index (χ0) is 14.3. The van der Waals surface area contributed by atoms with Crippen molar-refractivity contribution < 1.29 is 18.0 Å². The molecule has 1 unspecified atom stereocenters. The van der Waals surface area contributed by atoms with Crippen LogP contribution in [0.1, 0.15) is 33.1 Å². The normalized spacial score (nSPS) is 25.4. The lowest BCUT2D eigenvalue weighted by Crippen LogP contribution is -2.51. The predicted octanol–water partition coefficient (Wildman–Crippen LogP) is 2.60. The highest BCUT2D eigenvalue weighted by atomic mass is 35.5. The van der Waals surface area contributed by atoms with E-state index in [2.05, 4.69) is 5.32 Å². The van der Waals surface area contributed by atoms with Crippen molar-refractivity contribution in [1.82, 2.24) is 10.2 Å². The van der Waals surface area contributed by atoms with E-state index in [1.807, 2.05) is 0 Å². The highest BCUT2D eigenvalue weighted by molar-refractivity contribution is 5.85. The molecular formula is C13H22ClF3N2O. The van der Waals surface area contributed by atoms with Crippen LogP contribution in [0.25, 0.3) is 0 Å². The summed E-state index contributed by atoms with van der Waals surface area (Å²) >= 11 is 0. The topological polar surface area (TPSA) is 32.3 Å². The summed E-state index contributed by atoms with van der Waals surface area (Å²) in [6, 6.07) is 0. The summed E-state index contributed by atoms with van der Waals surface area (Å²) in [5.41, 5.74) is -1.14. The monoisotopic (exact) mass is 314 g/mol. The second-order valence-corrected chi connectivity index (χ2v) is 6.16. The molecule has 3 nitrogen and oxygen atoms in total. The Morgan fingerprint density at radius 2 is 1.90 bits per heavy atom. The fourth-order valence-corrected chi connectivity index (χ4v) is 2.90. The van der Waals surface area contributed by atoms with Gasteiger partial charge in [-0.05, 0) is 45.6 Å². The summed E-state index contributed by atoms with van der Waals surface area (Å²) in [4.78, 5) is 13.4. The van der Waals surface area contributed by atoms with Crippen molar-refractivity contribution in [3.8, 4) is 0 Å². The van der Waals surface area contributed by atoms with Crippen LogP contribution in [-0.2, 0) is 4.79 Å². The summed E-state index contributed by atoms with van der Waals surface area (Å²) in [5.74, 6) is -0.993. The van der Waals surface area contributed by atoms with E-state index < -0.39 is 17.6 Å². The average molecular weight is 315 g/mol. The van der Waals surface area contributed by atoms with E-state index in [-0.39, 0.29) is 37.8 Å². The van der Waals surface area contributed by atoms with Crippen LogP contribution >= 0.6 is 12.4 Å². The van der Waals surface area contributed by atoms with Gasteiger partial charge in [-0.3, -0.25) is 4.79 Å². The molecule has 1 saturated carbocycles. The fraction of sp³-hybridized carbons (Fsp3) is 0.923. The lowest BCUT2D eigenvalue weighted by atomic mass is 9.88. The molecule has 1 aliphatic carbocycles. The Kier molecular flexibility index (Phi) is 5.35. The van der Waals surface area contributed by atoms with Gasteiger partial charge in [0.25, 0.3) is 0 Å². The maximum Gasteiger partial charge on any atom is 0.394 e. The molecule has 1 atom stereocenters. The van der Waals surface area contributed by atoms with Gasteiger partial charge in [0.05, 0.1) is 12.5 Å². The predicted molar refractivity (Wildman–Crippen MR) is 72.8 cm³/mol. The van der Waals surface area contributed by atoms with Crippen molar-refractivity contribution in [1.29, 1.82) is 0 Å². The third-order valence-corrected chi connectivity index (χ3v) is 4.29. The zero-order valence-corrected chi connectivity index (χ0v) is 12.6. The summed E-state index contributed by atoms with van der Waals surface area (Å²) in [7, 11) is 0. The van der Waals surface area contributed by atoms with Crippen LogP contribution in [-0.4, -0.2) is 42.2 Å². The van der Waals surface area contributed by atoms with E-state index in [0.29, 0.717) is 5.92 Å². The molecular weight excluding hydrogens is 293 g/mol. The number of amides is 1. The summed E-state index contributed by atoms with van der Waals surface area (Å²) in [6.45, 7) is 4.15. The van der Waals surface area contributed by atoms with Gasteiger partial charge in [-0.25, -0.2) is 0 Å². The number of carbonyl (C=O) groups excluding carboxylic acids is 1. The first-order valence-electron chi connectivity index (χ1n) is 6.81. The molecule has 0 spiro atoms. The van der Waals surface area contributed by atoms with Gasteiger partial charge in [-0.15, -0.1) is 12.4 Å². The van der Waals surface area contributed by atoms with Gasteiger partial charge >= 0.3 is 6.18 Å². The molecule has 2 aliphatic rings. The number of hydrogen-bond acceptors (Lipinski definition) is 2. The van der Waals surface area contributed by atoms with Crippen LogP contribution in [0.15, 0.2) is 0 Å². The quantitative estimate of drug-likeness (QED) is 0.865. The summed E-state index contributed by atoms with van der Waals surface area (Å²) < 4.78 is 38.7. The van der Waals surface area contributed by atoms with Crippen LogP contribution in [0.2, 0.25) is 0 Å². The van der Waals surface area contributed by atoms with Gasteiger partial charge in [0.2, 0.25) is 5.91 Å². The molecule has 1 N–H and O–H groups in total. The van der Waals surface area contributed by atoms with Gasteiger partial charge in [0, 0.05) is 12.1 Å². The van der Waals surface area contributed by atoms with E-state index in [4.69, 9.17) is 0 Å². The van der Waals surface area contributed by atoms with Crippen molar-refractivity contribution >= 4 is 18.3 Å². The number of halogens is 4. The van der Waals surface area contributed by atoms with Gasteiger partial charge in [0.1, 0.15) is 0 Å². The van der Waals surface area contributed by atoms with Crippen molar-refractivity contribution in [2.45, 2.75) is 44.8 Å². The van der Waals surface area contributed by atoms with Crippen LogP contribution in [0.5, 0.6) is 0 Å². The van der Waals surface area contributed by atoms with E-state index >= 15 is 0 Å². The Morgan fingerprint density at radius 3 is 2.35 bits per heavy atom. The minimum absolute atomic E-state index is 0. The first-order chi connectivity index (χ1) is 8.73. The van der Waals surface area contributed by atoms with Gasteiger partial charge in [0.15, 0.2) is 0 Å². The number of alkyl halides is 3. The number of hydrogen-bond donors (Lipinski definition) is 1. The Hall–Kier alpha value is -0.490. The number of likely N-dealkylation sites (tertiary alicyclic amines) is 1. The summed E-state index contributed by atoms with van der Waals surface area (Å²) in [5, 5.41) is 3.04. The molecule has 0 bridgehead atoms. The van der Waals surface area contributed by atoms with Crippen molar-refractivity contribution in [2.75, 3.05) is 19.6 Å². The third-order valence-electron chi connectivity index (χ3n) is 4.29. The van der Waals surface area contributed by atoms with Crippen LogP contribution in [0, 0.1) is 11.8 Å². The van der Waals surface area contributed by atoms with Crippen LogP contribution in [0.3, 0.4) is 0 Å². The molecule has 0 aromatic carbocycles. The first-order valence-corrected chi connectivity index (χ1v) is 6.81. The van der Waals surface area contributed by atoms with Gasteiger partial charge < -0.3 is 10.2 Å². The Bertz CT molecular complexity index is 356. The van der Waals surface area contributed by atoms with Crippen molar-refractivity contribution in [2.24, 2.45) is 11.8 Å². The maximum absolute atomic E-state index is 12.9. The number of nitrogens with one attached hydrogen (secondary N) is 1. The fourth-order valence-electron chi connectivity index (χ4n) is 2.90. The highest BCUT2D eigenvalue weighted by Gasteiger charge is 2.55. The first kappa shape index (κ1) is 17.6. The highest BCUT2D eigenvalue weighted by Crippen LogP contribution is 2.44. The lowest BCUT2D eigenvalue weighted by molar-refractivity contribution is -0.192. The molecule has 1 amide bonds. The van der Waals surface area contributed by atoms with Crippen LogP contribution in [0.4, 0.5) is 13.2 Å². The molecule has 118 valence electrons. The number of nitrogens with zero attached hydrogens (tertiary/aromatic N) is 1. The second kappa shape index (κ2) is 6.10. The lowest BCUT2D eigenvalue weighted by Gasteiger charge is -2.36. The SMILES string of the molecule is CC1(C)C(C(F)(F)F)CCN1C(=O)CNCC1CC1.Cl. The minimum Gasteiger partial charge on any atom is -0.336 e. The van der Waals surface area contributed by atoms with E-state index in [0.717, 1.165) is 6.54 Å². The molecule has 0 aromatic rings. The molecule has 0 aromatic heterocycles. The maximum atomic E-state index is 12.9. The Morgan fingerprint density at radius 1 is 1.30 bits per heavy atom. The summed E-state index contributed by atoms with van der Waals surface area (Å²) in [6.07, 6.45) is -1.86. The van der Waals surface area contributed by atoms with Crippen LogP contribution < -0.4 is 5.32 Å². The number of carbonyl (C=O) groups is 1. The zero-order valence-electron chi connectivity index (χ0n) is 11.8. The molecule has 2 fully saturated rings. The van der Waals surface area contributed by atoms with Crippen molar-refractivity contribution in [3.05, 3.63) is 0 Å². The molecule has 2 rings (SSSR count). The Labute approximate surface area is 123 Å². The smallest absolute Gasteiger partial charge is 0.336 e. The molecule has 1 aliphatic heterocycles. The van der Waals surface area contributed by atoms with E-state index in [1.54, 1.807) is 0 Å². The largest absolute Gasteiger partial charge is 0.394 e. The minimum atomic E-state index is -4.24. The van der Waals surface area contributed by atoms with Gasteiger partial charge in [-0.1, -0.05) is 0 Å². The molecule has 1 heterocycles. The molecule has 20 heavy (non-hydrogen) atoms.